The summed E-state index contributed by atoms with van der Waals surface area (Å²) in [5, 5.41) is 2.67. The highest BCUT2D eigenvalue weighted by Crippen LogP contribution is 2.20. The first-order chi connectivity index (χ1) is 6.57. The summed E-state index contributed by atoms with van der Waals surface area (Å²) in [4.78, 5) is 14.0. The number of nitrogens with two attached hydrogens (primary N) is 1. The van der Waals surface area contributed by atoms with Gasteiger partial charge in [0.2, 0.25) is 5.91 Å². The quantitative estimate of drug-likeness (QED) is 0.644. The molecule has 2 atom stereocenters. The largest absolute Gasteiger partial charge is 0.392 e. The van der Waals surface area contributed by atoms with Crippen LogP contribution in [0.25, 0.3) is 0 Å². The summed E-state index contributed by atoms with van der Waals surface area (Å²) in [5.41, 5.74) is 5.58. The Balaban J connectivity index is 2.68. The second-order valence-corrected chi connectivity index (χ2v) is 4.06. The van der Waals surface area contributed by atoms with E-state index in [1.54, 1.807) is 7.05 Å². The molecule has 0 radical (unpaired) electrons. The van der Waals surface area contributed by atoms with Crippen molar-refractivity contribution in [2.24, 2.45) is 5.73 Å². The van der Waals surface area contributed by atoms with E-state index in [9.17, 15) is 4.79 Å². The fourth-order valence-corrected chi connectivity index (χ4v) is 2.00. The van der Waals surface area contributed by atoms with Crippen LogP contribution in [0.1, 0.15) is 19.8 Å². The van der Waals surface area contributed by atoms with Gasteiger partial charge in [-0.05, 0) is 26.3 Å². The van der Waals surface area contributed by atoms with E-state index >= 15 is 0 Å². The lowest BCUT2D eigenvalue weighted by Crippen LogP contribution is -2.49. The Morgan fingerprint density at radius 2 is 2.36 bits per heavy atom. The Bertz CT molecular complexity index is 244. The number of hydrogen-bond acceptors (Lipinski definition) is 3. The van der Waals surface area contributed by atoms with Crippen LogP contribution in [0.15, 0.2) is 0 Å². The number of nitrogens with one attached hydrogen (secondary N) is 1. The molecule has 80 valence electrons. The van der Waals surface area contributed by atoms with Crippen LogP contribution < -0.4 is 11.1 Å². The van der Waals surface area contributed by atoms with Crippen LogP contribution in [0, 0.1) is 0 Å². The van der Waals surface area contributed by atoms with Crippen molar-refractivity contribution in [3.63, 3.8) is 0 Å². The van der Waals surface area contributed by atoms with E-state index in [4.69, 9.17) is 18.0 Å². The van der Waals surface area contributed by atoms with Gasteiger partial charge >= 0.3 is 0 Å². The van der Waals surface area contributed by atoms with Crippen LogP contribution in [-0.4, -0.2) is 41.5 Å². The molecule has 4 nitrogen and oxygen atoms in total. The van der Waals surface area contributed by atoms with Crippen molar-refractivity contribution in [2.45, 2.75) is 31.8 Å². The topological polar surface area (TPSA) is 58.4 Å². The number of likely N-dealkylation sites (N-methyl/N-ethyl adjacent to an activating group) is 1. The smallest absolute Gasteiger partial charge is 0.237 e. The fraction of sp³-hybridized carbons (Fsp3) is 0.778. The molecular formula is C9H17N3OS. The van der Waals surface area contributed by atoms with Gasteiger partial charge in [0, 0.05) is 7.05 Å². The zero-order valence-electron chi connectivity index (χ0n) is 8.62. The molecule has 1 aliphatic heterocycles. The summed E-state index contributed by atoms with van der Waals surface area (Å²) in [6.07, 6.45) is 1.93. The van der Waals surface area contributed by atoms with Crippen LogP contribution in [0.2, 0.25) is 0 Å². The minimum absolute atomic E-state index is 0.00907. The number of hydrogen-bond donors (Lipinski definition) is 2. The molecule has 1 amide bonds. The molecule has 0 aromatic rings. The van der Waals surface area contributed by atoms with Crippen molar-refractivity contribution >= 4 is 23.1 Å². The summed E-state index contributed by atoms with van der Waals surface area (Å²) >= 11 is 4.93. The molecule has 0 aliphatic carbocycles. The normalized spacial score (nSPS) is 24.6. The molecule has 1 heterocycles. The van der Waals surface area contributed by atoms with Gasteiger partial charge in [-0.3, -0.25) is 9.69 Å². The molecule has 2 unspecified atom stereocenters. The molecule has 0 saturated carbocycles. The second kappa shape index (κ2) is 4.70. The zero-order valence-corrected chi connectivity index (χ0v) is 9.43. The maximum Gasteiger partial charge on any atom is 0.237 e. The number of amides is 1. The third-order valence-electron chi connectivity index (χ3n) is 2.75. The number of likely N-dealkylation sites (tertiary alicyclic amines) is 1. The lowest BCUT2D eigenvalue weighted by molar-refractivity contribution is -0.125. The summed E-state index contributed by atoms with van der Waals surface area (Å²) in [7, 11) is 1.66. The van der Waals surface area contributed by atoms with Gasteiger partial charge in [-0.25, -0.2) is 0 Å². The van der Waals surface area contributed by atoms with Gasteiger partial charge in [0.25, 0.3) is 0 Å². The van der Waals surface area contributed by atoms with E-state index in [0.29, 0.717) is 4.99 Å². The molecule has 1 rings (SSSR count). The molecule has 0 aromatic heterocycles. The minimum atomic E-state index is -0.0588. The number of carbonyl (C=O) groups excluding carboxylic acids is 1. The van der Waals surface area contributed by atoms with Crippen molar-refractivity contribution < 1.29 is 4.79 Å². The minimum Gasteiger partial charge on any atom is -0.392 e. The number of thiocarbonyl (C=S) groups is 1. The van der Waals surface area contributed by atoms with E-state index in [0.717, 1.165) is 19.4 Å². The maximum atomic E-state index is 11.5. The molecule has 0 bridgehead atoms. The van der Waals surface area contributed by atoms with Crippen molar-refractivity contribution in [3.8, 4) is 0 Å². The van der Waals surface area contributed by atoms with Gasteiger partial charge in [0.1, 0.15) is 0 Å². The average Bonchev–Trinajstić information content (AvgIpc) is 2.63. The van der Waals surface area contributed by atoms with Gasteiger partial charge in [-0.1, -0.05) is 12.2 Å². The van der Waals surface area contributed by atoms with Gasteiger partial charge < -0.3 is 11.1 Å². The van der Waals surface area contributed by atoms with Crippen LogP contribution in [0.3, 0.4) is 0 Å². The van der Waals surface area contributed by atoms with Gasteiger partial charge in [0.15, 0.2) is 0 Å². The summed E-state index contributed by atoms with van der Waals surface area (Å²) in [5.74, 6) is 0.0607. The van der Waals surface area contributed by atoms with E-state index in [-0.39, 0.29) is 18.0 Å². The molecule has 5 heteroatoms. The predicted octanol–water partition coefficient (Wildman–Crippen LogP) is -0.129. The first kappa shape index (κ1) is 11.4. The number of nitrogens with zero attached hydrogens (tertiary/aromatic N) is 1. The third-order valence-corrected chi connectivity index (χ3v) is 3.09. The molecule has 1 saturated heterocycles. The highest BCUT2D eigenvalue weighted by Gasteiger charge is 2.33. The van der Waals surface area contributed by atoms with Crippen molar-refractivity contribution in [1.82, 2.24) is 10.2 Å². The second-order valence-electron chi connectivity index (χ2n) is 3.59. The van der Waals surface area contributed by atoms with Crippen LogP contribution in [0.5, 0.6) is 0 Å². The summed E-state index contributed by atoms with van der Waals surface area (Å²) in [6, 6.07) is -0.0497. The van der Waals surface area contributed by atoms with Crippen molar-refractivity contribution in [1.29, 1.82) is 0 Å². The van der Waals surface area contributed by atoms with Crippen LogP contribution >= 0.6 is 12.2 Å². The Morgan fingerprint density at radius 1 is 1.71 bits per heavy atom. The summed E-state index contributed by atoms with van der Waals surface area (Å²) < 4.78 is 0. The van der Waals surface area contributed by atoms with Crippen LogP contribution in [-0.2, 0) is 4.79 Å². The Kier molecular flexibility index (Phi) is 3.83. The van der Waals surface area contributed by atoms with Crippen molar-refractivity contribution in [2.75, 3.05) is 13.6 Å². The molecular weight excluding hydrogens is 198 g/mol. The Hall–Kier alpha value is -0.680. The van der Waals surface area contributed by atoms with E-state index in [1.807, 2.05) is 6.92 Å². The molecule has 1 fully saturated rings. The highest BCUT2D eigenvalue weighted by molar-refractivity contribution is 7.80. The maximum absolute atomic E-state index is 11.5. The Labute approximate surface area is 89.8 Å². The van der Waals surface area contributed by atoms with E-state index in [1.165, 1.54) is 0 Å². The predicted molar refractivity (Wildman–Crippen MR) is 60.0 cm³/mol. The fourth-order valence-electron chi connectivity index (χ4n) is 1.86. The number of rotatable bonds is 3. The molecule has 1 aliphatic rings. The molecule has 14 heavy (non-hydrogen) atoms. The number of carbonyl (C=O) groups is 1. The van der Waals surface area contributed by atoms with E-state index < -0.39 is 0 Å². The first-order valence-corrected chi connectivity index (χ1v) is 5.25. The van der Waals surface area contributed by atoms with Gasteiger partial charge in [0.05, 0.1) is 17.1 Å². The summed E-state index contributed by atoms with van der Waals surface area (Å²) in [6.45, 7) is 2.85. The van der Waals surface area contributed by atoms with Gasteiger partial charge in [-0.2, -0.15) is 0 Å². The lowest BCUT2D eigenvalue weighted by Gasteiger charge is -2.28. The lowest BCUT2D eigenvalue weighted by atomic mass is 10.2. The monoisotopic (exact) mass is 215 g/mol. The SMILES string of the molecule is CNC(=O)C1CCCN1C(C)C(N)=S. The van der Waals surface area contributed by atoms with Crippen LogP contribution in [0.4, 0.5) is 0 Å². The Morgan fingerprint density at radius 3 is 2.86 bits per heavy atom. The zero-order chi connectivity index (χ0) is 10.7. The standard InChI is InChI=1S/C9H17N3OS/c1-6(8(10)14)12-5-3-4-7(12)9(13)11-2/h6-7H,3-5H2,1-2H3,(H2,10,14)(H,11,13). The van der Waals surface area contributed by atoms with Crippen molar-refractivity contribution in [3.05, 3.63) is 0 Å². The molecule has 3 N–H and O–H groups in total. The molecule has 0 aromatic carbocycles. The molecule has 0 spiro atoms. The third kappa shape index (κ3) is 2.22. The van der Waals surface area contributed by atoms with E-state index in [2.05, 4.69) is 10.2 Å². The first-order valence-electron chi connectivity index (χ1n) is 4.84. The highest BCUT2D eigenvalue weighted by atomic mass is 32.1. The average molecular weight is 215 g/mol. The van der Waals surface area contributed by atoms with Gasteiger partial charge in [-0.15, -0.1) is 0 Å².